The van der Waals surface area contributed by atoms with Crippen LogP contribution >= 0.6 is 0 Å². The van der Waals surface area contributed by atoms with Gasteiger partial charge in [0.15, 0.2) is 11.6 Å². The lowest BCUT2D eigenvalue weighted by Gasteiger charge is -2.24. The lowest BCUT2D eigenvalue weighted by molar-refractivity contribution is 0.0749. The van der Waals surface area contributed by atoms with Crippen molar-refractivity contribution < 1.29 is 32.2 Å². The number of carbonyl (C=O) groups is 1. The zero-order chi connectivity index (χ0) is 28.0. The maximum atomic E-state index is 14.4. The molecule has 10 nitrogen and oxygen atoms in total. The lowest BCUT2D eigenvalue weighted by Crippen LogP contribution is -2.39. The van der Waals surface area contributed by atoms with Crippen molar-refractivity contribution in [2.24, 2.45) is 0 Å². The first kappa shape index (κ1) is 28.8. The number of benzene rings is 2. The van der Waals surface area contributed by atoms with Gasteiger partial charge in [-0.1, -0.05) is 12.1 Å². The fourth-order valence-corrected chi connectivity index (χ4v) is 5.19. The summed E-state index contributed by atoms with van der Waals surface area (Å²) in [7, 11) is -1.76. The molecule has 204 valence electrons. The Labute approximate surface area is 220 Å². The summed E-state index contributed by atoms with van der Waals surface area (Å²) in [4.78, 5) is 14.5. The Bertz CT molecular complexity index is 1360. The number of methoxy groups -OCH3 is 1. The van der Waals surface area contributed by atoms with Crippen LogP contribution in [0.4, 0.5) is 10.1 Å². The second-order valence-corrected chi connectivity index (χ2v) is 11.2. The van der Waals surface area contributed by atoms with Crippen molar-refractivity contribution in [2.75, 3.05) is 44.6 Å². The number of hydrogen-bond acceptors (Lipinski definition) is 9. The molecule has 5 N–H and O–H groups in total. The van der Waals surface area contributed by atoms with Gasteiger partial charge in [0.25, 0.3) is 5.91 Å². The van der Waals surface area contributed by atoms with E-state index in [1.165, 1.54) is 37.4 Å². The smallest absolute Gasteiger partial charge is 0.254 e. The first-order valence-corrected chi connectivity index (χ1v) is 13.9. The van der Waals surface area contributed by atoms with Gasteiger partial charge in [-0.2, -0.15) is 0 Å². The molecule has 0 saturated carbocycles. The van der Waals surface area contributed by atoms with E-state index in [9.17, 15) is 22.7 Å². The molecular weight excluding hydrogens is 515 g/mol. The number of sulfone groups is 1. The van der Waals surface area contributed by atoms with E-state index in [0.29, 0.717) is 24.1 Å². The molecule has 2 aromatic carbocycles. The van der Waals surface area contributed by atoms with Crippen LogP contribution in [-0.2, 0) is 14.6 Å². The number of rotatable bonds is 11. The van der Waals surface area contributed by atoms with E-state index in [1.807, 2.05) is 0 Å². The number of nitrogens with zero attached hydrogens (tertiary/aromatic N) is 1. The predicted octanol–water partition coefficient (Wildman–Crippen LogP) is 2.96. The summed E-state index contributed by atoms with van der Waals surface area (Å²) in [5, 5.41) is 26.9. The SMILES string of the molecule is COCCOc1cc(N)c(C(=N)/C(O)=C/C(=N)c2ccc(C(=O)N3CCC[C@H]3CS(C)(=O)=O)cc2)cc1F. The number of ether oxygens (including phenoxy) is 2. The second kappa shape index (κ2) is 12.2. The molecule has 3 rings (SSSR count). The third-order valence-corrected chi connectivity index (χ3v) is 7.02. The van der Waals surface area contributed by atoms with E-state index in [4.69, 9.17) is 26.0 Å². The van der Waals surface area contributed by atoms with Crippen molar-refractivity contribution in [3.8, 4) is 5.75 Å². The van der Waals surface area contributed by atoms with Crippen molar-refractivity contribution >= 4 is 32.9 Å². The largest absolute Gasteiger partial charge is 0.506 e. The molecule has 12 heteroatoms. The minimum Gasteiger partial charge on any atom is -0.506 e. The van der Waals surface area contributed by atoms with E-state index in [2.05, 4.69) is 0 Å². The second-order valence-electron chi connectivity index (χ2n) is 8.99. The topological polar surface area (TPSA) is 167 Å². The zero-order valence-corrected chi connectivity index (χ0v) is 22.0. The van der Waals surface area contributed by atoms with Crippen molar-refractivity contribution in [1.82, 2.24) is 4.90 Å². The maximum absolute atomic E-state index is 14.4. The number of aliphatic hydroxyl groups is 1. The van der Waals surface area contributed by atoms with Crippen LogP contribution in [0.15, 0.2) is 48.2 Å². The van der Waals surface area contributed by atoms with E-state index in [0.717, 1.165) is 24.8 Å². The molecule has 1 amide bonds. The van der Waals surface area contributed by atoms with Gasteiger partial charge in [-0.3, -0.25) is 10.2 Å². The van der Waals surface area contributed by atoms with E-state index in [1.54, 1.807) is 4.90 Å². The van der Waals surface area contributed by atoms with Crippen molar-refractivity contribution in [3.05, 3.63) is 70.7 Å². The van der Waals surface area contributed by atoms with Gasteiger partial charge in [0.1, 0.15) is 27.9 Å². The number of aliphatic hydroxyl groups excluding tert-OH is 1. The van der Waals surface area contributed by atoms with Gasteiger partial charge >= 0.3 is 0 Å². The lowest BCUT2D eigenvalue weighted by atomic mass is 10.0. The highest BCUT2D eigenvalue weighted by molar-refractivity contribution is 7.90. The summed E-state index contributed by atoms with van der Waals surface area (Å²) in [5.74, 6) is -1.86. The maximum Gasteiger partial charge on any atom is 0.254 e. The number of hydrogen-bond donors (Lipinski definition) is 4. The van der Waals surface area contributed by atoms with Crippen LogP contribution in [-0.4, -0.2) is 80.7 Å². The number of amides is 1. The molecule has 0 spiro atoms. The fourth-order valence-electron chi connectivity index (χ4n) is 4.15. The zero-order valence-electron chi connectivity index (χ0n) is 21.2. The van der Waals surface area contributed by atoms with Crippen molar-refractivity contribution in [2.45, 2.75) is 18.9 Å². The van der Waals surface area contributed by atoms with Crippen LogP contribution in [0.5, 0.6) is 5.75 Å². The summed E-state index contributed by atoms with van der Waals surface area (Å²) >= 11 is 0. The highest BCUT2D eigenvalue weighted by Crippen LogP contribution is 2.26. The molecule has 38 heavy (non-hydrogen) atoms. The summed E-state index contributed by atoms with van der Waals surface area (Å²) < 4.78 is 47.9. The number of halogens is 1. The average Bonchev–Trinajstić information content (AvgIpc) is 3.31. The molecule has 1 aliphatic rings. The van der Waals surface area contributed by atoms with Gasteiger partial charge in [0.2, 0.25) is 0 Å². The average molecular weight is 547 g/mol. The Morgan fingerprint density at radius 1 is 1.21 bits per heavy atom. The van der Waals surface area contributed by atoms with Crippen molar-refractivity contribution in [3.63, 3.8) is 0 Å². The third kappa shape index (κ3) is 7.17. The summed E-state index contributed by atoms with van der Waals surface area (Å²) in [6.07, 6.45) is 3.52. The third-order valence-electron chi connectivity index (χ3n) is 6.03. The Kier molecular flexibility index (Phi) is 9.23. The summed E-state index contributed by atoms with van der Waals surface area (Å²) in [6.45, 7) is 0.828. The Balaban J connectivity index is 1.71. The number of anilines is 1. The molecular formula is C26H31FN4O6S. The van der Waals surface area contributed by atoms with Crippen molar-refractivity contribution in [1.29, 1.82) is 10.8 Å². The van der Waals surface area contributed by atoms with Gasteiger partial charge in [-0.05, 0) is 36.6 Å². The minimum absolute atomic E-state index is 0.00857. The normalized spacial score (nSPS) is 15.9. The molecule has 1 atom stereocenters. The monoisotopic (exact) mass is 546 g/mol. The van der Waals surface area contributed by atoms with Gasteiger partial charge < -0.3 is 30.6 Å². The van der Waals surface area contributed by atoms with E-state index >= 15 is 0 Å². The Morgan fingerprint density at radius 3 is 2.50 bits per heavy atom. The quantitative estimate of drug-likeness (QED) is 0.145. The minimum atomic E-state index is -3.23. The molecule has 0 unspecified atom stereocenters. The van der Waals surface area contributed by atoms with Gasteiger partial charge in [0.05, 0.1) is 18.1 Å². The standard InChI is InChI=1S/C26H31FN4O6S/c1-36-10-11-37-24-14-22(29)19(12-20(24)27)25(30)23(32)13-21(28)16-5-7-17(8-6-16)26(33)31-9-3-4-18(31)15-38(2,34)35/h5-8,12-14,18,28,30,32H,3-4,9-11,15,29H2,1-2H3/b23-13-,28-21?,30-25?/t18-/m0/s1. The fraction of sp³-hybridized carbons (Fsp3) is 0.346. The summed E-state index contributed by atoms with van der Waals surface area (Å²) in [6, 6.07) is 7.90. The molecule has 0 radical (unpaired) electrons. The van der Waals surface area contributed by atoms with Crippen LogP contribution in [0.3, 0.4) is 0 Å². The van der Waals surface area contributed by atoms with Gasteiger partial charge in [-0.25, -0.2) is 12.8 Å². The first-order valence-electron chi connectivity index (χ1n) is 11.8. The Hall–Kier alpha value is -3.77. The van der Waals surface area contributed by atoms with Crippen LogP contribution in [0.1, 0.15) is 34.3 Å². The highest BCUT2D eigenvalue weighted by atomic mass is 32.2. The molecule has 2 aromatic rings. The number of carbonyl (C=O) groups excluding carboxylic acids is 1. The molecule has 0 aliphatic carbocycles. The summed E-state index contributed by atoms with van der Waals surface area (Å²) in [5.41, 5.74) is 5.95. The molecule has 1 heterocycles. The number of likely N-dealkylation sites (tertiary alicyclic amines) is 1. The molecule has 0 aromatic heterocycles. The number of nitrogen functional groups attached to an aromatic ring is 1. The molecule has 1 fully saturated rings. The van der Waals surface area contributed by atoms with Gasteiger partial charge in [0, 0.05) is 54.9 Å². The first-order chi connectivity index (χ1) is 17.9. The van der Waals surface area contributed by atoms with Crippen LogP contribution in [0, 0.1) is 16.6 Å². The predicted molar refractivity (Wildman–Crippen MR) is 143 cm³/mol. The molecule has 1 saturated heterocycles. The number of nitrogens with two attached hydrogens (primary N) is 1. The van der Waals surface area contributed by atoms with E-state index < -0.39 is 27.1 Å². The van der Waals surface area contributed by atoms with Crippen LogP contribution in [0.2, 0.25) is 0 Å². The Morgan fingerprint density at radius 2 is 1.87 bits per heavy atom. The number of nitrogens with one attached hydrogen (secondary N) is 2. The van der Waals surface area contributed by atoms with Crippen LogP contribution < -0.4 is 10.5 Å². The highest BCUT2D eigenvalue weighted by Gasteiger charge is 2.31. The number of allylic oxidation sites excluding steroid dienone is 2. The van der Waals surface area contributed by atoms with Crippen LogP contribution in [0.25, 0.3) is 0 Å². The molecule has 0 bridgehead atoms. The van der Waals surface area contributed by atoms with Gasteiger partial charge in [-0.15, -0.1) is 0 Å². The van der Waals surface area contributed by atoms with E-state index in [-0.39, 0.29) is 53.6 Å². The molecule has 1 aliphatic heterocycles.